The molecule has 1 aromatic carbocycles. The first-order chi connectivity index (χ1) is 8.02. The molecule has 90 valence electrons. The lowest BCUT2D eigenvalue weighted by Gasteiger charge is -2.09. The van der Waals surface area contributed by atoms with Gasteiger partial charge in [0.2, 0.25) is 0 Å². The summed E-state index contributed by atoms with van der Waals surface area (Å²) in [7, 11) is 3.54. The fraction of sp³-hybridized carbons (Fsp3) is 0.308. The normalized spacial score (nSPS) is 10.6. The Labute approximate surface area is 101 Å². The number of aromatic nitrogens is 2. The molecule has 0 aliphatic heterocycles. The summed E-state index contributed by atoms with van der Waals surface area (Å²) in [6.07, 6.45) is 1.90. The largest absolute Gasteiger partial charge is 0.496 e. The van der Waals surface area contributed by atoms with Crippen molar-refractivity contribution in [1.29, 1.82) is 0 Å². The number of nitrogen functional groups attached to an aromatic ring is 1. The van der Waals surface area contributed by atoms with Crippen molar-refractivity contribution in [3.63, 3.8) is 0 Å². The summed E-state index contributed by atoms with van der Waals surface area (Å²) in [5.41, 5.74) is 9.98. The van der Waals surface area contributed by atoms with Crippen molar-refractivity contribution in [2.75, 3.05) is 12.8 Å². The average molecular weight is 231 g/mol. The van der Waals surface area contributed by atoms with Crippen molar-refractivity contribution >= 4 is 5.95 Å². The van der Waals surface area contributed by atoms with Crippen LogP contribution in [0.2, 0.25) is 0 Å². The maximum absolute atomic E-state index is 5.75. The summed E-state index contributed by atoms with van der Waals surface area (Å²) in [4.78, 5) is 4.32. The lowest BCUT2D eigenvalue weighted by molar-refractivity contribution is 0.416. The molecular formula is C13H17N3O. The van der Waals surface area contributed by atoms with Crippen LogP contribution in [0.3, 0.4) is 0 Å². The zero-order chi connectivity index (χ0) is 12.6. The van der Waals surface area contributed by atoms with Crippen LogP contribution < -0.4 is 10.5 Å². The quantitative estimate of drug-likeness (QED) is 0.862. The van der Waals surface area contributed by atoms with E-state index in [0.29, 0.717) is 5.95 Å². The van der Waals surface area contributed by atoms with E-state index >= 15 is 0 Å². The monoisotopic (exact) mass is 231 g/mol. The minimum absolute atomic E-state index is 0.500. The predicted octanol–water partition coefficient (Wildman–Crippen LogP) is 2.29. The maximum Gasteiger partial charge on any atom is 0.200 e. The van der Waals surface area contributed by atoms with Gasteiger partial charge in [-0.15, -0.1) is 0 Å². The molecule has 1 aromatic heterocycles. The molecule has 0 spiro atoms. The van der Waals surface area contributed by atoms with Crippen LogP contribution in [0.25, 0.3) is 11.3 Å². The number of nitrogens with two attached hydrogens (primary N) is 1. The van der Waals surface area contributed by atoms with Gasteiger partial charge in [0.1, 0.15) is 5.75 Å². The van der Waals surface area contributed by atoms with Crippen molar-refractivity contribution in [3.05, 3.63) is 29.5 Å². The molecule has 0 unspecified atom stereocenters. The molecule has 0 saturated carbocycles. The number of hydrogen-bond acceptors (Lipinski definition) is 3. The van der Waals surface area contributed by atoms with Crippen LogP contribution in [0.15, 0.2) is 18.3 Å². The van der Waals surface area contributed by atoms with E-state index in [4.69, 9.17) is 10.5 Å². The Kier molecular flexibility index (Phi) is 2.79. The molecule has 0 amide bonds. The Balaban J connectivity index is 2.61. The highest BCUT2D eigenvalue weighted by atomic mass is 16.5. The Morgan fingerprint density at radius 2 is 1.88 bits per heavy atom. The van der Waals surface area contributed by atoms with Gasteiger partial charge >= 0.3 is 0 Å². The van der Waals surface area contributed by atoms with Crippen molar-refractivity contribution < 1.29 is 4.74 Å². The molecule has 17 heavy (non-hydrogen) atoms. The van der Waals surface area contributed by atoms with Crippen molar-refractivity contribution in [1.82, 2.24) is 9.55 Å². The van der Waals surface area contributed by atoms with E-state index < -0.39 is 0 Å². The number of ether oxygens (including phenoxy) is 1. The minimum Gasteiger partial charge on any atom is -0.496 e. The molecule has 1 heterocycles. The van der Waals surface area contributed by atoms with Crippen LogP contribution in [-0.2, 0) is 7.05 Å². The summed E-state index contributed by atoms with van der Waals surface area (Å²) in [5, 5.41) is 0. The van der Waals surface area contributed by atoms with E-state index in [1.54, 1.807) is 11.7 Å². The number of aryl methyl sites for hydroxylation is 3. The molecular weight excluding hydrogens is 214 g/mol. The molecule has 0 saturated heterocycles. The highest BCUT2D eigenvalue weighted by molar-refractivity contribution is 5.69. The fourth-order valence-electron chi connectivity index (χ4n) is 1.77. The van der Waals surface area contributed by atoms with Gasteiger partial charge in [-0.2, -0.15) is 0 Å². The Morgan fingerprint density at radius 3 is 2.41 bits per heavy atom. The molecule has 0 atom stereocenters. The molecule has 4 nitrogen and oxygen atoms in total. The summed E-state index contributed by atoms with van der Waals surface area (Å²) in [5.74, 6) is 1.33. The van der Waals surface area contributed by atoms with E-state index in [1.807, 2.05) is 19.3 Å². The summed E-state index contributed by atoms with van der Waals surface area (Å²) in [6, 6.07) is 4.10. The minimum atomic E-state index is 0.500. The number of imidazole rings is 1. The van der Waals surface area contributed by atoms with Gasteiger partial charge < -0.3 is 15.0 Å². The second-order valence-corrected chi connectivity index (χ2v) is 4.23. The summed E-state index contributed by atoms with van der Waals surface area (Å²) < 4.78 is 7.19. The number of rotatable bonds is 2. The van der Waals surface area contributed by atoms with Gasteiger partial charge in [0, 0.05) is 18.8 Å². The Morgan fingerprint density at radius 1 is 1.24 bits per heavy atom. The average Bonchev–Trinajstić information content (AvgIpc) is 2.62. The van der Waals surface area contributed by atoms with Crippen LogP contribution in [0, 0.1) is 13.8 Å². The second-order valence-electron chi connectivity index (χ2n) is 4.23. The molecule has 0 bridgehead atoms. The molecule has 0 fully saturated rings. The third kappa shape index (κ3) is 1.98. The highest BCUT2D eigenvalue weighted by Crippen LogP contribution is 2.32. The lowest BCUT2D eigenvalue weighted by atomic mass is 10.0. The number of anilines is 1. The van der Waals surface area contributed by atoms with E-state index in [2.05, 4.69) is 24.9 Å². The second kappa shape index (κ2) is 4.13. The van der Waals surface area contributed by atoms with Gasteiger partial charge in [-0.1, -0.05) is 0 Å². The topological polar surface area (TPSA) is 53.1 Å². The van der Waals surface area contributed by atoms with Gasteiger partial charge in [0.05, 0.1) is 12.8 Å². The molecule has 0 aliphatic rings. The third-order valence-electron chi connectivity index (χ3n) is 3.00. The van der Waals surface area contributed by atoms with Crippen molar-refractivity contribution in [2.45, 2.75) is 13.8 Å². The van der Waals surface area contributed by atoms with Crippen LogP contribution in [0.1, 0.15) is 11.1 Å². The Bertz CT molecular complexity index is 539. The van der Waals surface area contributed by atoms with E-state index in [0.717, 1.165) is 17.0 Å². The summed E-state index contributed by atoms with van der Waals surface area (Å²) in [6.45, 7) is 4.14. The first kappa shape index (κ1) is 11.5. The van der Waals surface area contributed by atoms with Crippen LogP contribution >= 0.6 is 0 Å². The van der Waals surface area contributed by atoms with Gasteiger partial charge in [-0.05, 0) is 37.1 Å². The van der Waals surface area contributed by atoms with Gasteiger partial charge in [-0.3, -0.25) is 0 Å². The van der Waals surface area contributed by atoms with Crippen molar-refractivity contribution in [3.8, 4) is 17.0 Å². The molecule has 2 N–H and O–H groups in total. The molecule has 2 aromatic rings. The van der Waals surface area contributed by atoms with Crippen LogP contribution in [0.5, 0.6) is 5.75 Å². The molecule has 0 aliphatic carbocycles. The predicted molar refractivity (Wildman–Crippen MR) is 69.1 cm³/mol. The van der Waals surface area contributed by atoms with Crippen molar-refractivity contribution in [2.24, 2.45) is 7.05 Å². The number of hydrogen-bond donors (Lipinski definition) is 1. The number of benzene rings is 1. The smallest absolute Gasteiger partial charge is 0.200 e. The first-order valence-electron chi connectivity index (χ1n) is 5.47. The Hall–Kier alpha value is -1.97. The standard InChI is InChI=1S/C13H17N3O/c1-8-5-10(12(17-4)6-9(8)2)11-7-16(3)13(14)15-11/h5-7H,1-4H3,(H2,14,15). The van der Waals surface area contributed by atoms with E-state index in [1.165, 1.54) is 11.1 Å². The summed E-state index contributed by atoms with van der Waals surface area (Å²) >= 11 is 0. The third-order valence-corrected chi connectivity index (χ3v) is 3.00. The zero-order valence-corrected chi connectivity index (χ0v) is 10.6. The number of methoxy groups -OCH3 is 1. The molecule has 0 radical (unpaired) electrons. The lowest BCUT2D eigenvalue weighted by Crippen LogP contribution is -1.94. The zero-order valence-electron chi connectivity index (χ0n) is 10.6. The van der Waals surface area contributed by atoms with Crippen LogP contribution in [-0.4, -0.2) is 16.7 Å². The van der Waals surface area contributed by atoms with Gasteiger partial charge in [0.25, 0.3) is 0 Å². The molecule has 2 rings (SSSR count). The fourth-order valence-corrected chi connectivity index (χ4v) is 1.77. The van der Waals surface area contributed by atoms with E-state index in [9.17, 15) is 0 Å². The molecule has 4 heteroatoms. The van der Waals surface area contributed by atoms with Gasteiger partial charge in [0.15, 0.2) is 5.95 Å². The first-order valence-corrected chi connectivity index (χ1v) is 5.47. The van der Waals surface area contributed by atoms with Crippen LogP contribution in [0.4, 0.5) is 5.95 Å². The number of nitrogens with zero attached hydrogens (tertiary/aromatic N) is 2. The maximum atomic E-state index is 5.75. The van der Waals surface area contributed by atoms with E-state index in [-0.39, 0.29) is 0 Å². The highest BCUT2D eigenvalue weighted by Gasteiger charge is 2.12. The SMILES string of the molecule is COc1cc(C)c(C)cc1-c1cn(C)c(N)n1. The van der Waals surface area contributed by atoms with Gasteiger partial charge in [-0.25, -0.2) is 4.98 Å².